The van der Waals surface area contributed by atoms with Crippen LogP contribution in [0, 0.1) is 0 Å². The first-order chi connectivity index (χ1) is 6.81. The predicted octanol–water partition coefficient (Wildman–Crippen LogP) is -1.27. The topological polar surface area (TPSA) is 191 Å². The Balaban J connectivity index is -0.0000000610. The van der Waals surface area contributed by atoms with Gasteiger partial charge in [0.2, 0.25) is 0 Å². The fraction of sp³-hybridized carbons (Fsp3) is 1.00. The van der Waals surface area contributed by atoms with Gasteiger partial charge >= 0.3 is 10.4 Å². The second-order valence-corrected chi connectivity index (χ2v) is 2.48. The van der Waals surface area contributed by atoms with Crippen LogP contribution in [0.4, 0.5) is 0 Å². The first kappa shape index (κ1) is 24.1. The van der Waals surface area contributed by atoms with Crippen LogP contribution in [-0.4, -0.2) is 51.3 Å². The van der Waals surface area contributed by atoms with Crippen LogP contribution in [0.5, 0.6) is 0 Å². The third kappa shape index (κ3) is 140. The highest BCUT2D eigenvalue weighted by Gasteiger charge is 1.85. The van der Waals surface area contributed by atoms with Gasteiger partial charge in [-0.05, 0) is 0 Å². The van der Waals surface area contributed by atoms with Crippen molar-refractivity contribution in [2.24, 2.45) is 11.8 Å². The van der Waals surface area contributed by atoms with Gasteiger partial charge in [-0.3, -0.25) is 9.11 Å². The standard InChI is InChI=1S/C4H11NO.2H3NO.H2O4S/c1-3-5(6)4-2;2*1-2;1-5(2,3)4/h6H,3-4H2,1-2H3;2*2H,1H2;(H2,1,2,3,4). The van der Waals surface area contributed by atoms with Crippen molar-refractivity contribution < 1.29 is 33.1 Å². The van der Waals surface area contributed by atoms with Gasteiger partial charge in [0, 0.05) is 13.1 Å². The Hall–Kier alpha value is -0.370. The summed E-state index contributed by atoms with van der Waals surface area (Å²) in [4.78, 5) is 0. The summed E-state index contributed by atoms with van der Waals surface area (Å²) in [7, 11) is -4.67. The monoisotopic (exact) mass is 253 g/mol. The number of rotatable bonds is 2. The Morgan fingerprint density at radius 2 is 1.13 bits per heavy atom. The Morgan fingerprint density at radius 1 is 1.00 bits per heavy atom. The van der Waals surface area contributed by atoms with E-state index in [-0.39, 0.29) is 0 Å². The van der Waals surface area contributed by atoms with Crippen molar-refractivity contribution in [2.75, 3.05) is 13.1 Å². The predicted molar refractivity (Wildman–Crippen MR) is 50.8 cm³/mol. The molecule has 0 aliphatic carbocycles. The lowest BCUT2D eigenvalue weighted by Crippen LogP contribution is -2.16. The molecule has 0 aromatic heterocycles. The molecular weight excluding hydrogens is 234 g/mol. The zero-order valence-electron chi connectivity index (χ0n) is 8.48. The molecule has 0 aliphatic heterocycles. The van der Waals surface area contributed by atoms with Crippen LogP contribution in [0.15, 0.2) is 0 Å². The van der Waals surface area contributed by atoms with Crippen molar-refractivity contribution >= 4 is 10.4 Å². The molecule has 0 saturated carbocycles. The van der Waals surface area contributed by atoms with Crippen LogP contribution >= 0.6 is 0 Å². The summed E-state index contributed by atoms with van der Waals surface area (Å²) in [6.45, 7) is 5.25. The summed E-state index contributed by atoms with van der Waals surface area (Å²) in [5, 5.41) is 22.8. The van der Waals surface area contributed by atoms with Crippen LogP contribution in [0.3, 0.4) is 0 Å². The SMILES string of the molecule is CCN(O)CC.NO.NO.O=S(=O)(O)O. The maximum atomic E-state index is 8.74. The first-order valence-electron chi connectivity index (χ1n) is 3.46. The van der Waals surface area contributed by atoms with E-state index in [4.69, 9.17) is 33.1 Å². The fourth-order valence-corrected chi connectivity index (χ4v) is 0.224. The second kappa shape index (κ2) is 19.2. The summed E-state index contributed by atoms with van der Waals surface area (Å²) in [5.41, 5.74) is 0. The van der Waals surface area contributed by atoms with E-state index < -0.39 is 10.4 Å². The minimum absolute atomic E-state index is 0.719. The van der Waals surface area contributed by atoms with E-state index in [1.807, 2.05) is 13.8 Å². The van der Waals surface area contributed by atoms with Gasteiger partial charge in [-0.15, -0.1) is 0 Å². The number of nitrogens with two attached hydrogens (primary N) is 2. The van der Waals surface area contributed by atoms with Crippen molar-refractivity contribution in [3.63, 3.8) is 0 Å². The van der Waals surface area contributed by atoms with Gasteiger partial charge in [0.25, 0.3) is 0 Å². The van der Waals surface area contributed by atoms with Gasteiger partial charge in [0.05, 0.1) is 0 Å². The average Bonchev–Trinajstić information content (AvgIpc) is 2.20. The molecule has 0 rings (SSSR count). The highest BCUT2D eigenvalue weighted by molar-refractivity contribution is 7.79. The highest BCUT2D eigenvalue weighted by atomic mass is 32.3. The Kier molecular flexibility index (Phi) is 30.9. The fourth-order valence-electron chi connectivity index (χ4n) is 0.224. The largest absolute Gasteiger partial charge is 0.394 e. The van der Waals surface area contributed by atoms with E-state index >= 15 is 0 Å². The maximum absolute atomic E-state index is 8.74. The normalized spacial score (nSPS) is 8.67. The molecular formula is C4H19N3O7S. The lowest BCUT2D eigenvalue weighted by Gasteiger charge is -2.05. The Labute approximate surface area is 88.2 Å². The average molecular weight is 253 g/mol. The molecule has 0 saturated heterocycles. The van der Waals surface area contributed by atoms with Gasteiger partial charge in [0.1, 0.15) is 0 Å². The van der Waals surface area contributed by atoms with Gasteiger partial charge in [-0.25, -0.2) is 11.8 Å². The van der Waals surface area contributed by atoms with Gasteiger partial charge in [0.15, 0.2) is 0 Å². The summed E-state index contributed by atoms with van der Waals surface area (Å²) in [5.74, 6) is 7.00. The summed E-state index contributed by atoms with van der Waals surface area (Å²) in [6.07, 6.45) is 0. The minimum Gasteiger partial charge on any atom is -0.320 e. The molecule has 0 aliphatic rings. The number of hydrogen-bond acceptors (Lipinski definition) is 8. The third-order valence-corrected chi connectivity index (χ3v) is 0.730. The number of hydroxylamine groups is 2. The second-order valence-electron chi connectivity index (χ2n) is 1.59. The zero-order valence-corrected chi connectivity index (χ0v) is 9.29. The molecule has 0 spiro atoms. The lowest BCUT2D eigenvalue weighted by molar-refractivity contribution is -0.0813. The number of nitrogens with zero attached hydrogens (tertiary/aromatic N) is 1. The van der Waals surface area contributed by atoms with Crippen molar-refractivity contribution in [3.05, 3.63) is 0 Å². The van der Waals surface area contributed by atoms with Gasteiger partial charge in [-0.2, -0.15) is 13.5 Å². The molecule has 15 heavy (non-hydrogen) atoms. The molecule has 98 valence electrons. The molecule has 0 heterocycles. The van der Waals surface area contributed by atoms with Crippen LogP contribution in [0.2, 0.25) is 0 Å². The van der Waals surface area contributed by atoms with Crippen molar-refractivity contribution in [1.29, 1.82) is 0 Å². The molecule has 0 unspecified atom stereocenters. The number of hydrogen-bond donors (Lipinski definition) is 7. The molecule has 0 fully saturated rings. The van der Waals surface area contributed by atoms with Crippen LogP contribution < -0.4 is 11.8 Å². The maximum Gasteiger partial charge on any atom is 0.394 e. The summed E-state index contributed by atoms with van der Waals surface area (Å²) < 4.78 is 31.6. The quantitative estimate of drug-likeness (QED) is 0.230. The molecule has 10 nitrogen and oxygen atoms in total. The van der Waals surface area contributed by atoms with E-state index in [9.17, 15) is 0 Å². The van der Waals surface area contributed by atoms with E-state index in [2.05, 4.69) is 11.8 Å². The van der Waals surface area contributed by atoms with Gasteiger partial charge in [-0.1, -0.05) is 13.8 Å². The van der Waals surface area contributed by atoms with E-state index in [0.717, 1.165) is 13.1 Å². The Bertz CT molecular complexity index is 161. The molecule has 11 heteroatoms. The smallest absolute Gasteiger partial charge is 0.320 e. The zero-order chi connectivity index (χ0) is 13.5. The van der Waals surface area contributed by atoms with Crippen LogP contribution in [0.25, 0.3) is 0 Å². The molecule has 0 amide bonds. The molecule has 0 aromatic carbocycles. The lowest BCUT2D eigenvalue weighted by atomic mass is 10.6. The molecule has 0 radical (unpaired) electrons. The third-order valence-electron chi connectivity index (χ3n) is 0.730. The molecule has 0 aromatic rings. The summed E-state index contributed by atoms with van der Waals surface area (Å²) >= 11 is 0. The first-order valence-corrected chi connectivity index (χ1v) is 4.86. The molecule has 0 atom stereocenters. The van der Waals surface area contributed by atoms with E-state index in [1.54, 1.807) is 0 Å². The highest BCUT2D eigenvalue weighted by Crippen LogP contribution is 1.73. The van der Waals surface area contributed by atoms with Crippen molar-refractivity contribution in [3.8, 4) is 0 Å². The van der Waals surface area contributed by atoms with Crippen molar-refractivity contribution in [2.45, 2.75) is 13.8 Å². The van der Waals surface area contributed by atoms with E-state index in [1.165, 1.54) is 5.06 Å². The van der Waals surface area contributed by atoms with E-state index in [0.29, 0.717) is 0 Å². The van der Waals surface area contributed by atoms with Crippen LogP contribution in [0.1, 0.15) is 13.8 Å². The molecule has 9 N–H and O–H groups in total. The van der Waals surface area contributed by atoms with Crippen LogP contribution in [-0.2, 0) is 10.4 Å². The molecule has 0 bridgehead atoms. The van der Waals surface area contributed by atoms with Gasteiger partial charge < -0.3 is 15.6 Å². The Morgan fingerprint density at radius 3 is 1.13 bits per heavy atom. The summed E-state index contributed by atoms with van der Waals surface area (Å²) in [6, 6.07) is 0. The minimum atomic E-state index is -4.67. The van der Waals surface area contributed by atoms with Crippen molar-refractivity contribution in [1.82, 2.24) is 5.06 Å².